The van der Waals surface area contributed by atoms with Gasteiger partial charge >= 0.3 is 0 Å². The van der Waals surface area contributed by atoms with Crippen molar-refractivity contribution in [3.05, 3.63) is 35.5 Å². The zero-order chi connectivity index (χ0) is 17.1. The first-order valence-electron chi connectivity index (χ1n) is 8.25. The molecule has 0 fully saturated rings. The first-order valence-corrected chi connectivity index (χ1v) is 9.13. The number of thiophene rings is 1. The highest BCUT2D eigenvalue weighted by molar-refractivity contribution is 7.17. The average Bonchev–Trinajstić information content (AvgIpc) is 3.02. The van der Waals surface area contributed by atoms with Crippen LogP contribution in [0.5, 0.6) is 5.75 Å². The summed E-state index contributed by atoms with van der Waals surface area (Å²) in [6, 6.07) is 8.18. The summed E-state index contributed by atoms with van der Waals surface area (Å²) in [7, 11) is 3.80. The fourth-order valence-corrected chi connectivity index (χ4v) is 3.77. The molecule has 0 N–H and O–H groups in total. The van der Waals surface area contributed by atoms with Crippen LogP contribution in [0.15, 0.2) is 29.6 Å². The average molecular weight is 341 g/mol. The lowest BCUT2D eigenvalue weighted by Crippen LogP contribution is -2.20. The Kier molecular flexibility index (Phi) is 5.00. The number of fused-ring (bicyclic) bond motifs is 1. The van der Waals surface area contributed by atoms with E-state index in [1.807, 2.05) is 19.1 Å². The minimum absolute atomic E-state index is 0.823. The summed E-state index contributed by atoms with van der Waals surface area (Å²) in [6.45, 7) is 5.17. The lowest BCUT2D eigenvalue weighted by Gasteiger charge is -2.19. The van der Waals surface area contributed by atoms with Crippen molar-refractivity contribution < 1.29 is 4.74 Å². The Balaban J connectivity index is 2.11. The third kappa shape index (κ3) is 3.22. The number of hydrogen-bond acceptors (Lipinski definition) is 5. The molecule has 2 heterocycles. The van der Waals surface area contributed by atoms with Crippen LogP contribution in [0.1, 0.15) is 25.6 Å². The van der Waals surface area contributed by atoms with E-state index < -0.39 is 0 Å². The highest BCUT2D eigenvalue weighted by Gasteiger charge is 2.17. The number of aryl methyl sites for hydroxylation is 1. The van der Waals surface area contributed by atoms with Gasteiger partial charge < -0.3 is 9.64 Å². The van der Waals surface area contributed by atoms with Gasteiger partial charge in [0.1, 0.15) is 22.2 Å². The van der Waals surface area contributed by atoms with Gasteiger partial charge in [0.05, 0.1) is 12.5 Å². The number of nitrogens with zero attached hydrogens (tertiary/aromatic N) is 3. The minimum atomic E-state index is 0.823. The van der Waals surface area contributed by atoms with Gasteiger partial charge in [-0.05, 0) is 31.0 Å². The highest BCUT2D eigenvalue weighted by Crippen LogP contribution is 2.38. The molecule has 0 saturated carbocycles. The third-order valence-electron chi connectivity index (χ3n) is 4.14. The van der Waals surface area contributed by atoms with E-state index in [0.717, 1.165) is 40.6 Å². The zero-order valence-corrected chi connectivity index (χ0v) is 15.5. The second kappa shape index (κ2) is 7.18. The van der Waals surface area contributed by atoms with Crippen LogP contribution in [0, 0.1) is 6.92 Å². The molecular weight excluding hydrogens is 318 g/mol. The van der Waals surface area contributed by atoms with Crippen LogP contribution in [0.4, 0.5) is 5.82 Å². The number of benzene rings is 1. The SMILES string of the molecule is CCCCN(C)c1nc(C)nc2scc(-c3ccc(OC)cc3)c12. The van der Waals surface area contributed by atoms with Crippen LogP contribution in [-0.2, 0) is 0 Å². The summed E-state index contributed by atoms with van der Waals surface area (Å²) in [4.78, 5) is 12.7. The third-order valence-corrected chi connectivity index (χ3v) is 5.01. The molecule has 0 radical (unpaired) electrons. The predicted molar refractivity (Wildman–Crippen MR) is 102 cm³/mol. The molecule has 0 spiro atoms. The molecule has 3 aromatic rings. The van der Waals surface area contributed by atoms with Gasteiger partial charge in [0.25, 0.3) is 0 Å². The summed E-state index contributed by atoms with van der Waals surface area (Å²) in [5, 5.41) is 3.33. The monoisotopic (exact) mass is 341 g/mol. The van der Waals surface area contributed by atoms with E-state index in [1.54, 1.807) is 18.4 Å². The first-order chi connectivity index (χ1) is 11.6. The first kappa shape index (κ1) is 16.7. The van der Waals surface area contributed by atoms with Crippen molar-refractivity contribution in [3.63, 3.8) is 0 Å². The van der Waals surface area contributed by atoms with Gasteiger partial charge in [-0.15, -0.1) is 11.3 Å². The number of methoxy groups -OCH3 is 1. The van der Waals surface area contributed by atoms with Crippen molar-refractivity contribution >= 4 is 27.4 Å². The Morgan fingerprint density at radius 1 is 1.17 bits per heavy atom. The normalized spacial score (nSPS) is 11.0. The molecule has 0 atom stereocenters. The van der Waals surface area contributed by atoms with E-state index in [9.17, 15) is 0 Å². The maximum atomic E-state index is 5.27. The van der Waals surface area contributed by atoms with E-state index in [-0.39, 0.29) is 0 Å². The quantitative estimate of drug-likeness (QED) is 0.638. The van der Waals surface area contributed by atoms with Gasteiger partial charge in [-0.1, -0.05) is 25.5 Å². The van der Waals surface area contributed by atoms with Gasteiger partial charge in [0, 0.05) is 24.5 Å². The summed E-state index contributed by atoms with van der Waals surface area (Å²) in [6.07, 6.45) is 2.33. The summed E-state index contributed by atoms with van der Waals surface area (Å²) in [5.41, 5.74) is 2.36. The van der Waals surface area contributed by atoms with E-state index >= 15 is 0 Å². The molecule has 4 nitrogen and oxygen atoms in total. The van der Waals surface area contributed by atoms with Gasteiger partial charge in [-0.3, -0.25) is 0 Å². The molecule has 0 aliphatic heterocycles. The standard InChI is InChI=1S/C19H23N3OS/c1-5-6-11-22(3)18-17-16(12-24-19(17)21-13(2)20-18)14-7-9-15(23-4)10-8-14/h7-10,12H,5-6,11H2,1-4H3. The number of hydrogen-bond donors (Lipinski definition) is 0. The van der Waals surface area contributed by atoms with Crippen LogP contribution in [-0.4, -0.2) is 30.7 Å². The topological polar surface area (TPSA) is 38.2 Å². The molecule has 0 aliphatic rings. The molecule has 0 saturated heterocycles. The van der Waals surface area contributed by atoms with Crippen LogP contribution in [0.25, 0.3) is 21.3 Å². The second-order valence-corrected chi connectivity index (χ2v) is 6.79. The number of unbranched alkanes of at least 4 members (excludes halogenated alkanes) is 1. The van der Waals surface area contributed by atoms with Gasteiger partial charge in [0.15, 0.2) is 0 Å². The molecule has 5 heteroatoms. The highest BCUT2D eigenvalue weighted by atomic mass is 32.1. The summed E-state index contributed by atoms with van der Waals surface area (Å²) >= 11 is 1.68. The Labute approximate surface area is 147 Å². The summed E-state index contributed by atoms with van der Waals surface area (Å²) < 4.78 is 5.27. The van der Waals surface area contributed by atoms with Crippen LogP contribution < -0.4 is 9.64 Å². The van der Waals surface area contributed by atoms with Crippen LogP contribution in [0.3, 0.4) is 0 Å². The Morgan fingerprint density at radius 3 is 2.58 bits per heavy atom. The lowest BCUT2D eigenvalue weighted by molar-refractivity contribution is 0.415. The van der Waals surface area contributed by atoms with Crippen molar-refractivity contribution in [2.24, 2.45) is 0 Å². The number of rotatable bonds is 6. The predicted octanol–water partition coefficient (Wildman–Crippen LogP) is 4.91. The zero-order valence-electron chi connectivity index (χ0n) is 14.7. The number of anilines is 1. The largest absolute Gasteiger partial charge is 0.497 e. The molecule has 126 valence electrons. The maximum absolute atomic E-state index is 5.27. The molecule has 1 aromatic carbocycles. The van der Waals surface area contributed by atoms with Crippen LogP contribution >= 0.6 is 11.3 Å². The van der Waals surface area contributed by atoms with Crippen molar-refractivity contribution in [1.29, 1.82) is 0 Å². The van der Waals surface area contributed by atoms with Crippen molar-refractivity contribution in [3.8, 4) is 16.9 Å². The van der Waals surface area contributed by atoms with E-state index in [0.29, 0.717) is 0 Å². The Hall–Kier alpha value is -2.14. The number of aromatic nitrogens is 2. The van der Waals surface area contributed by atoms with Gasteiger partial charge in [0.2, 0.25) is 0 Å². The molecule has 24 heavy (non-hydrogen) atoms. The van der Waals surface area contributed by atoms with Gasteiger partial charge in [-0.25, -0.2) is 9.97 Å². The smallest absolute Gasteiger partial charge is 0.141 e. The lowest BCUT2D eigenvalue weighted by atomic mass is 10.1. The fourth-order valence-electron chi connectivity index (χ4n) is 2.79. The van der Waals surface area contributed by atoms with E-state index in [1.165, 1.54) is 17.5 Å². The Morgan fingerprint density at radius 2 is 1.92 bits per heavy atom. The van der Waals surface area contributed by atoms with Gasteiger partial charge in [-0.2, -0.15) is 0 Å². The number of ether oxygens (including phenoxy) is 1. The molecule has 0 amide bonds. The second-order valence-electron chi connectivity index (χ2n) is 5.93. The fraction of sp³-hybridized carbons (Fsp3) is 0.368. The molecule has 0 bridgehead atoms. The van der Waals surface area contributed by atoms with Crippen molar-refractivity contribution in [2.45, 2.75) is 26.7 Å². The molecule has 2 aromatic heterocycles. The van der Waals surface area contributed by atoms with E-state index in [4.69, 9.17) is 9.72 Å². The van der Waals surface area contributed by atoms with Crippen molar-refractivity contribution in [2.75, 3.05) is 25.6 Å². The molecule has 0 unspecified atom stereocenters. The molecular formula is C19H23N3OS. The Bertz CT molecular complexity index is 826. The minimum Gasteiger partial charge on any atom is -0.497 e. The van der Waals surface area contributed by atoms with Crippen LogP contribution in [0.2, 0.25) is 0 Å². The van der Waals surface area contributed by atoms with E-state index in [2.05, 4.69) is 41.4 Å². The maximum Gasteiger partial charge on any atom is 0.141 e. The summed E-state index contributed by atoms with van der Waals surface area (Å²) in [5.74, 6) is 2.72. The van der Waals surface area contributed by atoms with Crippen molar-refractivity contribution in [1.82, 2.24) is 9.97 Å². The molecule has 3 rings (SSSR count). The molecule has 0 aliphatic carbocycles.